The van der Waals surface area contributed by atoms with Crippen LogP contribution in [0.4, 0.5) is 0 Å². The zero-order valence-electron chi connectivity index (χ0n) is 9.49. The molecule has 0 fully saturated rings. The molecule has 1 N–H and O–H groups in total. The summed E-state index contributed by atoms with van der Waals surface area (Å²) in [4.78, 5) is 11.0. The van der Waals surface area contributed by atoms with Crippen LogP contribution in [0.25, 0.3) is 0 Å². The topological polar surface area (TPSA) is 29.1 Å². The average molecular weight is 173 g/mol. The Kier molecular flexibility index (Phi) is 7.05. The SMILES string of the molecule is CC.CNC(=O)[C@@H](C)C(C)(C)C. The van der Waals surface area contributed by atoms with Gasteiger partial charge in [0.25, 0.3) is 0 Å². The van der Waals surface area contributed by atoms with Crippen molar-refractivity contribution in [2.45, 2.75) is 41.5 Å². The van der Waals surface area contributed by atoms with Crippen molar-refractivity contribution < 1.29 is 4.79 Å². The summed E-state index contributed by atoms with van der Waals surface area (Å²) in [6.45, 7) is 12.1. The number of carbonyl (C=O) groups is 1. The summed E-state index contributed by atoms with van der Waals surface area (Å²) in [6, 6.07) is 0. The highest BCUT2D eigenvalue weighted by Crippen LogP contribution is 2.24. The predicted molar refractivity (Wildman–Crippen MR) is 54.0 cm³/mol. The normalized spacial score (nSPS) is 12.6. The Morgan fingerprint density at radius 2 is 1.58 bits per heavy atom. The molecule has 74 valence electrons. The maximum atomic E-state index is 11.0. The third kappa shape index (κ3) is 5.16. The Balaban J connectivity index is 0. The summed E-state index contributed by atoms with van der Waals surface area (Å²) in [6.07, 6.45) is 0. The number of nitrogens with one attached hydrogen (secondary N) is 1. The maximum absolute atomic E-state index is 11.0. The number of hydrogen-bond acceptors (Lipinski definition) is 1. The first-order valence-electron chi connectivity index (χ1n) is 4.61. The van der Waals surface area contributed by atoms with E-state index in [4.69, 9.17) is 0 Å². The van der Waals surface area contributed by atoms with E-state index in [-0.39, 0.29) is 17.2 Å². The zero-order valence-corrected chi connectivity index (χ0v) is 9.49. The Morgan fingerprint density at radius 1 is 1.25 bits per heavy atom. The molecule has 2 nitrogen and oxygen atoms in total. The van der Waals surface area contributed by atoms with Crippen molar-refractivity contribution in [1.29, 1.82) is 0 Å². The molecule has 0 aliphatic heterocycles. The Bertz CT molecular complexity index is 124. The van der Waals surface area contributed by atoms with Crippen molar-refractivity contribution in [3.8, 4) is 0 Å². The van der Waals surface area contributed by atoms with Gasteiger partial charge in [0.1, 0.15) is 0 Å². The second kappa shape index (κ2) is 6.04. The van der Waals surface area contributed by atoms with Crippen molar-refractivity contribution in [2.24, 2.45) is 11.3 Å². The van der Waals surface area contributed by atoms with Crippen LogP contribution < -0.4 is 5.32 Å². The van der Waals surface area contributed by atoms with Gasteiger partial charge >= 0.3 is 0 Å². The van der Waals surface area contributed by atoms with E-state index in [0.717, 1.165) is 0 Å². The fourth-order valence-corrected chi connectivity index (χ4v) is 0.610. The van der Waals surface area contributed by atoms with Crippen molar-refractivity contribution in [2.75, 3.05) is 7.05 Å². The summed E-state index contributed by atoms with van der Waals surface area (Å²) in [5, 5.41) is 2.63. The van der Waals surface area contributed by atoms with Gasteiger partial charge in [0.15, 0.2) is 0 Å². The van der Waals surface area contributed by atoms with Gasteiger partial charge in [-0.25, -0.2) is 0 Å². The molecule has 1 atom stereocenters. The molecule has 2 heteroatoms. The molecule has 0 unspecified atom stereocenters. The van der Waals surface area contributed by atoms with E-state index in [2.05, 4.69) is 26.1 Å². The van der Waals surface area contributed by atoms with E-state index < -0.39 is 0 Å². The van der Waals surface area contributed by atoms with Crippen LogP contribution in [-0.2, 0) is 4.79 Å². The first-order valence-corrected chi connectivity index (χ1v) is 4.61. The minimum atomic E-state index is 0.0695. The Labute approximate surface area is 76.7 Å². The third-order valence-electron chi connectivity index (χ3n) is 1.94. The molecule has 0 rings (SSSR count). The van der Waals surface area contributed by atoms with E-state index in [1.165, 1.54) is 0 Å². The van der Waals surface area contributed by atoms with Gasteiger partial charge in [-0.2, -0.15) is 0 Å². The highest BCUT2D eigenvalue weighted by molar-refractivity contribution is 5.78. The van der Waals surface area contributed by atoms with E-state index in [9.17, 15) is 4.79 Å². The van der Waals surface area contributed by atoms with E-state index in [0.29, 0.717) is 0 Å². The Morgan fingerprint density at radius 3 is 1.67 bits per heavy atom. The van der Waals surface area contributed by atoms with Crippen LogP contribution >= 0.6 is 0 Å². The molecule has 0 saturated carbocycles. The molecule has 0 aliphatic rings. The summed E-state index contributed by atoms with van der Waals surface area (Å²) in [5.41, 5.74) is 0.0695. The van der Waals surface area contributed by atoms with Crippen LogP contribution in [0, 0.1) is 11.3 Å². The van der Waals surface area contributed by atoms with Gasteiger partial charge < -0.3 is 5.32 Å². The quantitative estimate of drug-likeness (QED) is 0.648. The van der Waals surface area contributed by atoms with Gasteiger partial charge in [0.2, 0.25) is 5.91 Å². The molecular formula is C10H23NO. The van der Waals surface area contributed by atoms with Gasteiger partial charge in [0, 0.05) is 13.0 Å². The van der Waals surface area contributed by atoms with Gasteiger partial charge in [-0.3, -0.25) is 4.79 Å². The standard InChI is InChI=1S/C8H17NO.C2H6/c1-6(7(10)9-5)8(2,3)4;1-2/h6H,1-5H3,(H,9,10);1-2H3/t6-;/m1./s1. The highest BCUT2D eigenvalue weighted by Gasteiger charge is 2.25. The summed E-state index contributed by atoms with van der Waals surface area (Å²) < 4.78 is 0. The number of hydrogen-bond donors (Lipinski definition) is 1. The van der Waals surface area contributed by atoms with Crippen molar-refractivity contribution in [3.05, 3.63) is 0 Å². The first kappa shape index (κ1) is 14.0. The van der Waals surface area contributed by atoms with Crippen LogP contribution in [0.15, 0.2) is 0 Å². The van der Waals surface area contributed by atoms with Crippen molar-refractivity contribution >= 4 is 5.91 Å². The van der Waals surface area contributed by atoms with Gasteiger partial charge in [0.05, 0.1) is 0 Å². The lowest BCUT2D eigenvalue weighted by molar-refractivity contribution is -0.126. The second-order valence-corrected chi connectivity index (χ2v) is 3.70. The molecule has 0 spiro atoms. The smallest absolute Gasteiger partial charge is 0.223 e. The summed E-state index contributed by atoms with van der Waals surface area (Å²) in [7, 11) is 1.67. The lowest BCUT2D eigenvalue weighted by Crippen LogP contribution is -2.33. The van der Waals surface area contributed by atoms with Crippen LogP contribution in [0.2, 0.25) is 0 Å². The van der Waals surface area contributed by atoms with Crippen LogP contribution in [-0.4, -0.2) is 13.0 Å². The first-order chi connectivity index (χ1) is 5.39. The monoisotopic (exact) mass is 173 g/mol. The lowest BCUT2D eigenvalue weighted by atomic mass is 9.81. The molecule has 12 heavy (non-hydrogen) atoms. The van der Waals surface area contributed by atoms with Crippen LogP contribution in [0.3, 0.4) is 0 Å². The maximum Gasteiger partial charge on any atom is 0.223 e. The van der Waals surface area contributed by atoms with Crippen LogP contribution in [0.5, 0.6) is 0 Å². The Hall–Kier alpha value is -0.530. The van der Waals surface area contributed by atoms with E-state index in [1.807, 2.05) is 20.8 Å². The van der Waals surface area contributed by atoms with E-state index >= 15 is 0 Å². The number of rotatable bonds is 1. The van der Waals surface area contributed by atoms with Crippen molar-refractivity contribution in [1.82, 2.24) is 5.32 Å². The number of amides is 1. The summed E-state index contributed by atoms with van der Waals surface area (Å²) >= 11 is 0. The highest BCUT2D eigenvalue weighted by atomic mass is 16.1. The lowest BCUT2D eigenvalue weighted by Gasteiger charge is -2.25. The molecule has 0 saturated heterocycles. The predicted octanol–water partition coefficient (Wildman–Crippen LogP) is 2.44. The molecule has 0 aromatic heterocycles. The molecular weight excluding hydrogens is 150 g/mol. The molecule has 0 radical (unpaired) electrons. The van der Waals surface area contributed by atoms with Gasteiger partial charge in [-0.15, -0.1) is 0 Å². The fraction of sp³-hybridized carbons (Fsp3) is 0.900. The minimum absolute atomic E-state index is 0.0695. The van der Waals surface area contributed by atoms with Crippen molar-refractivity contribution in [3.63, 3.8) is 0 Å². The van der Waals surface area contributed by atoms with Gasteiger partial charge in [-0.1, -0.05) is 41.5 Å². The van der Waals surface area contributed by atoms with Gasteiger partial charge in [-0.05, 0) is 5.41 Å². The molecule has 0 aromatic rings. The summed E-state index contributed by atoms with van der Waals surface area (Å²) in [5.74, 6) is 0.199. The second-order valence-electron chi connectivity index (χ2n) is 3.70. The fourth-order valence-electron chi connectivity index (χ4n) is 0.610. The molecule has 0 bridgehead atoms. The number of carbonyl (C=O) groups excluding carboxylic acids is 1. The molecule has 0 aromatic carbocycles. The third-order valence-corrected chi connectivity index (χ3v) is 1.94. The average Bonchev–Trinajstić information content (AvgIpc) is 2.04. The van der Waals surface area contributed by atoms with Crippen LogP contribution in [0.1, 0.15) is 41.5 Å². The molecule has 1 amide bonds. The molecule has 0 aliphatic carbocycles. The van der Waals surface area contributed by atoms with E-state index in [1.54, 1.807) is 7.05 Å². The zero-order chi connectivity index (χ0) is 10.4. The molecule has 0 heterocycles. The largest absolute Gasteiger partial charge is 0.359 e. The minimum Gasteiger partial charge on any atom is -0.359 e.